The molecule has 3 nitrogen and oxygen atoms in total. The molecule has 0 fully saturated rings. The molecule has 1 heterocycles. The minimum atomic E-state index is -0.681. The lowest BCUT2D eigenvalue weighted by molar-refractivity contribution is 0.0939. The van der Waals surface area contributed by atoms with Gasteiger partial charge in [-0.3, -0.25) is 9.78 Å². The summed E-state index contributed by atoms with van der Waals surface area (Å²) >= 11 is 0. The largest absolute Gasteiger partial charge is 0.345 e. The summed E-state index contributed by atoms with van der Waals surface area (Å²) in [5.41, 5.74) is 0.621. The van der Waals surface area contributed by atoms with E-state index >= 15 is 0 Å². The molecule has 1 aromatic heterocycles. The van der Waals surface area contributed by atoms with Crippen LogP contribution in [0.4, 0.5) is 8.78 Å². The number of carbonyl (C=O) groups is 1. The molecule has 1 amide bonds. The van der Waals surface area contributed by atoms with E-state index in [9.17, 15) is 13.6 Å². The minimum absolute atomic E-state index is 0.235. The number of halogens is 2. The minimum Gasteiger partial charge on any atom is -0.345 e. The van der Waals surface area contributed by atoms with Gasteiger partial charge in [-0.05, 0) is 25.1 Å². The van der Waals surface area contributed by atoms with Crippen molar-refractivity contribution in [2.75, 3.05) is 0 Å². The second-order valence-electron chi connectivity index (χ2n) is 4.10. The van der Waals surface area contributed by atoms with E-state index in [1.54, 1.807) is 25.3 Å². The molecular formula is C14H12F2N2O. The van der Waals surface area contributed by atoms with Crippen LogP contribution in [0.5, 0.6) is 0 Å². The first-order chi connectivity index (χ1) is 9.08. The van der Waals surface area contributed by atoms with E-state index in [0.29, 0.717) is 5.56 Å². The van der Waals surface area contributed by atoms with Crippen LogP contribution in [0, 0.1) is 11.6 Å². The number of hydrogen-bond donors (Lipinski definition) is 1. The third-order valence-corrected chi connectivity index (χ3v) is 2.70. The molecule has 0 unspecified atom stereocenters. The van der Waals surface area contributed by atoms with E-state index in [4.69, 9.17) is 0 Å². The highest BCUT2D eigenvalue weighted by atomic mass is 19.1. The lowest BCUT2D eigenvalue weighted by Gasteiger charge is -2.15. The van der Waals surface area contributed by atoms with Crippen LogP contribution < -0.4 is 5.32 Å². The standard InChI is InChI=1S/C14H12F2N2O/c1-9(12-5-4-11(15)7-13(12)16)18-14(19)10-3-2-6-17-8-10/h2-9H,1H3,(H,18,19)/t9-/m0/s1. The lowest BCUT2D eigenvalue weighted by Crippen LogP contribution is -2.27. The van der Waals surface area contributed by atoms with Gasteiger partial charge in [0.1, 0.15) is 11.6 Å². The number of benzene rings is 1. The van der Waals surface area contributed by atoms with Gasteiger partial charge in [-0.15, -0.1) is 0 Å². The van der Waals surface area contributed by atoms with Crippen LogP contribution in [0.15, 0.2) is 42.7 Å². The van der Waals surface area contributed by atoms with Crippen molar-refractivity contribution in [2.45, 2.75) is 13.0 Å². The van der Waals surface area contributed by atoms with Crippen LogP contribution in [0.3, 0.4) is 0 Å². The predicted molar refractivity (Wildman–Crippen MR) is 66.5 cm³/mol. The molecule has 2 aromatic rings. The molecular weight excluding hydrogens is 250 g/mol. The smallest absolute Gasteiger partial charge is 0.253 e. The molecule has 0 aliphatic rings. The van der Waals surface area contributed by atoms with Gasteiger partial charge in [0.2, 0.25) is 0 Å². The summed E-state index contributed by atoms with van der Waals surface area (Å²) in [5.74, 6) is -1.68. The average molecular weight is 262 g/mol. The van der Waals surface area contributed by atoms with Crippen LogP contribution in [-0.2, 0) is 0 Å². The van der Waals surface area contributed by atoms with Crippen LogP contribution in [-0.4, -0.2) is 10.9 Å². The Hall–Kier alpha value is -2.30. The summed E-state index contributed by atoms with van der Waals surface area (Å²) in [5, 5.41) is 2.63. The second-order valence-corrected chi connectivity index (χ2v) is 4.10. The maximum absolute atomic E-state index is 13.6. The van der Waals surface area contributed by atoms with Crippen molar-refractivity contribution in [3.8, 4) is 0 Å². The van der Waals surface area contributed by atoms with Crippen molar-refractivity contribution in [2.24, 2.45) is 0 Å². The number of hydrogen-bond acceptors (Lipinski definition) is 2. The summed E-state index contributed by atoms with van der Waals surface area (Å²) in [4.78, 5) is 15.7. The molecule has 1 atom stereocenters. The molecule has 5 heteroatoms. The molecule has 0 radical (unpaired) electrons. The quantitative estimate of drug-likeness (QED) is 0.924. The molecule has 2 rings (SSSR count). The van der Waals surface area contributed by atoms with Gasteiger partial charge in [0.25, 0.3) is 5.91 Å². The lowest BCUT2D eigenvalue weighted by atomic mass is 10.1. The first-order valence-electron chi connectivity index (χ1n) is 5.74. The Labute approximate surface area is 109 Å². The summed E-state index contributed by atoms with van der Waals surface area (Å²) in [6, 6.07) is 5.95. The molecule has 0 bridgehead atoms. The van der Waals surface area contributed by atoms with Gasteiger partial charge < -0.3 is 5.32 Å². The van der Waals surface area contributed by atoms with E-state index in [2.05, 4.69) is 10.3 Å². The molecule has 0 spiro atoms. The molecule has 98 valence electrons. The normalized spacial score (nSPS) is 11.9. The Morgan fingerprint density at radius 3 is 2.74 bits per heavy atom. The summed E-state index contributed by atoms with van der Waals surface area (Å²) in [6.45, 7) is 1.63. The molecule has 0 saturated heterocycles. The number of carbonyl (C=O) groups excluding carboxylic acids is 1. The first-order valence-corrected chi connectivity index (χ1v) is 5.74. The van der Waals surface area contributed by atoms with E-state index in [1.807, 2.05) is 0 Å². The van der Waals surface area contributed by atoms with Crippen molar-refractivity contribution in [3.05, 3.63) is 65.5 Å². The van der Waals surface area contributed by atoms with E-state index in [0.717, 1.165) is 12.1 Å². The second kappa shape index (κ2) is 5.56. The van der Waals surface area contributed by atoms with Crippen LogP contribution >= 0.6 is 0 Å². The highest BCUT2D eigenvalue weighted by Gasteiger charge is 2.15. The number of nitrogens with zero attached hydrogens (tertiary/aromatic N) is 1. The predicted octanol–water partition coefficient (Wildman–Crippen LogP) is 2.85. The van der Waals surface area contributed by atoms with Gasteiger partial charge in [-0.1, -0.05) is 6.07 Å². The fourth-order valence-electron chi connectivity index (χ4n) is 1.71. The third kappa shape index (κ3) is 3.13. The van der Waals surface area contributed by atoms with Crippen molar-refractivity contribution in [3.63, 3.8) is 0 Å². The van der Waals surface area contributed by atoms with Gasteiger partial charge >= 0.3 is 0 Å². The molecule has 0 aliphatic heterocycles. The van der Waals surface area contributed by atoms with Gasteiger partial charge in [0, 0.05) is 24.0 Å². The van der Waals surface area contributed by atoms with E-state index < -0.39 is 17.7 Å². The molecule has 0 saturated carbocycles. The SMILES string of the molecule is C[C@H](NC(=O)c1cccnc1)c1ccc(F)cc1F. The number of nitrogens with one attached hydrogen (secondary N) is 1. The van der Waals surface area contributed by atoms with Crippen LogP contribution in [0.25, 0.3) is 0 Å². The van der Waals surface area contributed by atoms with Gasteiger partial charge in [-0.25, -0.2) is 8.78 Å². The zero-order valence-corrected chi connectivity index (χ0v) is 10.2. The Balaban J connectivity index is 2.13. The van der Waals surface area contributed by atoms with Crippen molar-refractivity contribution < 1.29 is 13.6 Å². The van der Waals surface area contributed by atoms with Gasteiger partial charge in [-0.2, -0.15) is 0 Å². The van der Waals surface area contributed by atoms with Crippen LogP contribution in [0.2, 0.25) is 0 Å². The van der Waals surface area contributed by atoms with Gasteiger partial charge in [0.05, 0.1) is 11.6 Å². The van der Waals surface area contributed by atoms with E-state index in [1.165, 1.54) is 12.3 Å². The van der Waals surface area contributed by atoms with Crippen molar-refractivity contribution in [1.82, 2.24) is 10.3 Å². The number of rotatable bonds is 3. The Kier molecular flexibility index (Phi) is 3.85. The summed E-state index contributed by atoms with van der Waals surface area (Å²) in [6.07, 6.45) is 2.98. The number of aromatic nitrogens is 1. The van der Waals surface area contributed by atoms with Gasteiger partial charge in [0.15, 0.2) is 0 Å². The summed E-state index contributed by atoms with van der Waals surface area (Å²) < 4.78 is 26.4. The van der Waals surface area contributed by atoms with Crippen molar-refractivity contribution in [1.29, 1.82) is 0 Å². The Morgan fingerprint density at radius 1 is 1.32 bits per heavy atom. The monoisotopic (exact) mass is 262 g/mol. The Morgan fingerprint density at radius 2 is 2.11 bits per heavy atom. The zero-order valence-electron chi connectivity index (χ0n) is 10.2. The highest BCUT2D eigenvalue weighted by molar-refractivity contribution is 5.94. The maximum Gasteiger partial charge on any atom is 0.253 e. The third-order valence-electron chi connectivity index (χ3n) is 2.70. The summed E-state index contributed by atoms with van der Waals surface area (Å²) in [7, 11) is 0. The van der Waals surface area contributed by atoms with E-state index in [-0.39, 0.29) is 11.5 Å². The Bertz CT molecular complexity index is 587. The zero-order chi connectivity index (χ0) is 13.8. The molecule has 0 aliphatic carbocycles. The number of amides is 1. The highest BCUT2D eigenvalue weighted by Crippen LogP contribution is 2.18. The fraction of sp³-hybridized carbons (Fsp3) is 0.143. The number of pyridine rings is 1. The molecule has 19 heavy (non-hydrogen) atoms. The molecule has 1 aromatic carbocycles. The van der Waals surface area contributed by atoms with Crippen molar-refractivity contribution >= 4 is 5.91 Å². The molecule has 1 N–H and O–H groups in total. The maximum atomic E-state index is 13.6. The first kappa shape index (κ1) is 13.1. The topological polar surface area (TPSA) is 42.0 Å². The fourth-order valence-corrected chi connectivity index (χ4v) is 1.71. The van der Waals surface area contributed by atoms with Crippen LogP contribution in [0.1, 0.15) is 28.9 Å². The average Bonchev–Trinajstić information content (AvgIpc) is 2.39.